The van der Waals surface area contributed by atoms with Crippen LogP contribution in [0.4, 0.5) is 5.69 Å². The lowest BCUT2D eigenvalue weighted by Crippen LogP contribution is -2.26. The quantitative estimate of drug-likeness (QED) is 0.876. The van der Waals surface area contributed by atoms with Crippen LogP contribution >= 0.6 is 11.6 Å². The summed E-state index contributed by atoms with van der Waals surface area (Å²) in [6, 6.07) is 6.83. The molecule has 20 heavy (non-hydrogen) atoms. The van der Waals surface area contributed by atoms with Crippen molar-refractivity contribution in [3.63, 3.8) is 0 Å². The van der Waals surface area contributed by atoms with E-state index >= 15 is 0 Å². The average Bonchev–Trinajstić information content (AvgIpc) is 3.11. The van der Waals surface area contributed by atoms with Gasteiger partial charge in [0.05, 0.1) is 6.10 Å². The lowest BCUT2D eigenvalue weighted by atomic mass is 10.0. The maximum absolute atomic E-state index is 9.76. The summed E-state index contributed by atoms with van der Waals surface area (Å²) in [5.74, 6) is 0.373. The van der Waals surface area contributed by atoms with Gasteiger partial charge >= 0.3 is 0 Å². The molecule has 1 saturated heterocycles. The third-order valence-electron chi connectivity index (χ3n) is 4.49. The highest BCUT2D eigenvalue weighted by Crippen LogP contribution is 2.33. The molecular weight excluding hydrogens is 272 g/mol. The summed E-state index contributed by atoms with van der Waals surface area (Å²) >= 11 is 6.39. The average molecular weight is 295 g/mol. The van der Waals surface area contributed by atoms with Crippen LogP contribution in [0, 0.1) is 5.92 Å². The predicted molar refractivity (Wildman–Crippen MR) is 83.3 cm³/mol. The van der Waals surface area contributed by atoms with E-state index in [2.05, 4.69) is 16.3 Å². The van der Waals surface area contributed by atoms with Gasteiger partial charge in [0.25, 0.3) is 0 Å². The Morgan fingerprint density at radius 2 is 2.20 bits per heavy atom. The molecule has 2 fully saturated rings. The van der Waals surface area contributed by atoms with Gasteiger partial charge in [-0.3, -0.25) is 0 Å². The van der Waals surface area contributed by atoms with Crippen molar-refractivity contribution in [2.45, 2.75) is 44.9 Å². The van der Waals surface area contributed by atoms with E-state index in [1.54, 1.807) is 0 Å². The van der Waals surface area contributed by atoms with Gasteiger partial charge in [0.1, 0.15) is 0 Å². The number of aliphatic hydroxyl groups excluding tert-OH is 1. The van der Waals surface area contributed by atoms with E-state index in [9.17, 15) is 5.11 Å². The first kappa shape index (κ1) is 14.2. The van der Waals surface area contributed by atoms with E-state index in [0.29, 0.717) is 12.0 Å². The molecule has 0 spiro atoms. The second kappa shape index (κ2) is 5.92. The highest BCUT2D eigenvalue weighted by atomic mass is 35.5. The number of aliphatic hydroxyl groups is 1. The number of hydrogen-bond donors (Lipinski definition) is 2. The van der Waals surface area contributed by atoms with Gasteiger partial charge < -0.3 is 15.3 Å². The van der Waals surface area contributed by atoms with Crippen LogP contribution in [-0.4, -0.2) is 30.3 Å². The van der Waals surface area contributed by atoms with Crippen molar-refractivity contribution in [2.24, 2.45) is 5.92 Å². The standard InChI is InChI=1S/C16H23ClN2O/c1-11(20)12-7-8-19(10-12)16-4-2-3-15(17)14(16)9-18-13-5-6-13/h2-4,11-13,18,20H,5-10H2,1H3. The normalized spacial score (nSPS) is 24.1. The molecule has 0 bridgehead atoms. The van der Waals surface area contributed by atoms with E-state index in [-0.39, 0.29) is 6.10 Å². The van der Waals surface area contributed by atoms with Gasteiger partial charge in [-0.25, -0.2) is 0 Å². The molecule has 2 aliphatic rings. The number of halogens is 1. The number of nitrogens with one attached hydrogen (secondary N) is 1. The molecule has 1 heterocycles. The molecule has 2 unspecified atom stereocenters. The first-order valence-electron chi connectivity index (χ1n) is 7.59. The van der Waals surface area contributed by atoms with E-state index < -0.39 is 0 Å². The zero-order chi connectivity index (χ0) is 14.1. The van der Waals surface area contributed by atoms with E-state index in [4.69, 9.17) is 11.6 Å². The summed E-state index contributed by atoms with van der Waals surface area (Å²) in [7, 11) is 0. The maximum atomic E-state index is 9.76. The molecule has 1 aromatic carbocycles. The molecule has 3 nitrogen and oxygen atoms in total. The summed E-state index contributed by atoms with van der Waals surface area (Å²) in [5, 5.41) is 14.2. The fraction of sp³-hybridized carbons (Fsp3) is 0.625. The summed E-state index contributed by atoms with van der Waals surface area (Å²) in [6.45, 7) is 4.66. The molecule has 2 N–H and O–H groups in total. The number of rotatable bonds is 5. The minimum absolute atomic E-state index is 0.229. The van der Waals surface area contributed by atoms with Gasteiger partial charge in [-0.1, -0.05) is 17.7 Å². The topological polar surface area (TPSA) is 35.5 Å². The number of anilines is 1. The molecule has 0 radical (unpaired) electrons. The molecule has 2 atom stereocenters. The number of hydrogen-bond acceptors (Lipinski definition) is 3. The van der Waals surface area contributed by atoms with E-state index in [1.165, 1.54) is 24.1 Å². The smallest absolute Gasteiger partial charge is 0.0557 e. The molecule has 0 amide bonds. The van der Waals surface area contributed by atoms with Crippen molar-refractivity contribution in [1.82, 2.24) is 5.32 Å². The summed E-state index contributed by atoms with van der Waals surface area (Å²) < 4.78 is 0. The van der Waals surface area contributed by atoms with Crippen LogP contribution in [-0.2, 0) is 6.54 Å². The van der Waals surface area contributed by atoms with Crippen LogP contribution in [0.25, 0.3) is 0 Å². The Morgan fingerprint density at radius 3 is 2.85 bits per heavy atom. The fourth-order valence-electron chi connectivity index (χ4n) is 2.95. The van der Waals surface area contributed by atoms with Crippen molar-refractivity contribution in [2.75, 3.05) is 18.0 Å². The van der Waals surface area contributed by atoms with Crippen molar-refractivity contribution in [3.8, 4) is 0 Å². The van der Waals surface area contributed by atoms with Crippen LogP contribution in [0.15, 0.2) is 18.2 Å². The largest absolute Gasteiger partial charge is 0.393 e. The van der Waals surface area contributed by atoms with E-state index in [0.717, 1.165) is 31.1 Å². The van der Waals surface area contributed by atoms with Gasteiger partial charge in [0.2, 0.25) is 0 Å². The Morgan fingerprint density at radius 1 is 1.40 bits per heavy atom. The van der Waals surface area contributed by atoms with Gasteiger partial charge in [-0.05, 0) is 38.3 Å². The Hall–Kier alpha value is -0.770. The fourth-order valence-corrected chi connectivity index (χ4v) is 3.19. The Kier molecular flexibility index (Phi) is 4.20. The summed E-state index contributed by atoms with van der Waals surface area (Å²) in [4.78, 5) is 2.37. The molecular formula is C16H23ClN2O. The van der Waals surface area contributed by atoms with Gasteiger partial charge in [0, 0.05) is 47.9 Å². The second-order valence-electron chi connectivity index (χ2n) is 6.13. The van der Waals surface area contributed by atoms with Crippen LogP contribution in [0.1, 0.15) is 31.7 Å². The van der Waals surface area contributed by atoms with Gasteiger partial charge in [0.15, 0.2) is 0 Å². The minimum atomic E-state index is -0.229. The molecule has 1 saturated carbocycles. The SMILES string of the molecule is CC(O)C1CCN(c2cccc(Cl)c2CNC2CC2)C1. The molecule has 3 rings (SSSR count). The third kappa shape index (κ3) is 3.11. The highest BCUT2D eigenvalue weighted by Gasteiger charge is 2.28. The monoisotopic (exact) mass is 294 g/mol. The zero-order valence-corrected chi connectivity index (χ0v) is 12.7. The van der Waals surface area contributed by atoms with Crippen molar-refractivity contribution in [3.05, 3.63) is 28.8 Å². The lowest BCUT2D eigenvalue weighted by molar-refractivity contribution is 0.136. The highest BCUT2D eigenvalue weighted by molar-refractivity contribution is 6.31. The van der Waals surface area contributed by atoms with Crippen LogP contribution in [0.2, 0.25) is 5.02 Å². The molecule has 1 aromatic rings. The van der Waals surface area contributed by atoms with Gasteiger partial charge in [-0.15, -0.1) is 0 Å². The summed E-state index contributed by atoms with van der Waals surface area (Å²) in [6.07, 6.45) is 3.40. The second-order valence-corrected chi connectivity index (χ2v) is 6.54. The molecule has 110 valence electrons. The maximum Gasteiger partial charge on any atom is 0.0557 e. The van der Waals surface area contributed by atoms with Gasteiger partial charge in [-0.2, -0.15) is 0 Å². The van der Waals surface area contributed by atoms with Crippen LogP contribution in [0.3, 0.4) is 0 Å². The third-order valence-corrected chi connectivity index (χ3v) is 4.84. The number of benzene rings is 1. The molecule has 0 aromatic heterocycles. The van der Waals surface area contributed by atoms with Crippen molar-refractivity contribution < 1.29 is 5.11 Å². The minimum Gasteiger partial charge on any atom is -0.393 e. The predicted octanol–water partition coefficient (Wildman–Crippen LogP) is 2.80. The number of nitrogens with zero attached hydrogens (tertiary/aromatic N) is 1. The lowest BCUT2D eigenvalue weighted by Gasteiger charge is -2.23. The first-order chi connectivity index (χ1) is 9.65. The Bertz CT molecular complexity index is 474. The van der Waals surface area contributed by atoms with Crippen LogP contribution in [0.5, 0.6) is 0 Å². The Balaban J connectivity index is 1.76. The molecule has 1 aliphatic heterocycles. The Labute approximate surface area is 125 Å². The molecule has 1 aliphatic carbocycles. The summed E-state index contributed by atoms with van der Waals surface area (Å²) in [5.41, 5.74) is 2.43. The van der Waals surface area contributed by atoms with Crippen molar-refractivity contribution in [1.29, 1.82) is 0 Å². The zero-order valence-electron chi connectivity index (χ0n) is 12.0. The van der Waals surface area contributed by atoms with Crippen molar-refractivity contribution >= 4 is 17.3 Å². The van der Waals surface area contributed by atoms with E-state index in [1.807, 2.05) is 19.1 Å². The first-order valence-corrected chi connectivity index (χ1v) is 7.96. The molecule has 4 heteroatoms. The van der Waals surface area contributed by atoms with Crippen LogP contribution < -0.4 is 10.2 Å².